The maximum atomic E-state index is 6.16. The molecule has 0 bridgehead atoms. The number of nitrogens with zero attached hydrogens (tertiary/aromatic N) is 1. The summed E-state index contributed by atoms with van der Waals surface area (Å²) in [6.07, 6.45) is 5.30. The summed E-state index contributed by atoms with van der Waals surface area (Å²) < 4.78 is 0.665. The van der Waals surface area contributed by atoms with Gasteiger partial charge in [0.05, 0.1) is 14.1 Å². The van der Waals surface area contributed by atoms with Gasteiger partial charge in [-0.1, -0.05) is 50.1 Å². The molecule has 0 amide bonds. The first-order valence-corrected chi connectivity index (χ1v) is 6.70. The normalized spacial score (nSPS) is 27.2. The fourth-order valence-corrected chi connectivity index (χ4v) is 2.78. The quantitative estimate of drug-likeness (QED) is 0.722. The molecule has 2 unspecified atom stereocenters. The Balaban J connectivity index is 2.08. The highest BCUT2D eigenvalue weighted by Gasteiger charge is 2.43. The monoisotopic (exact) mass is 234 g/mol. The summed E-state index contributed by atoms with van der Waals surface area (Å²) in [6, 6.07) is 11.2. The van der Waals surface area contributed by atoms with Crippen molar-refractivity contribution < 1.29 is 9.48 Å². The molecule has 0 spiro atoms. The van der Waals surface area contributed by atoms with E-state index in [1.54, 1.807) is 0 Å². The van der Waals surface area contributed by atoms with Gasteiger partial charge in [-0.25, -0.2) is 0 Å². The summed E-state index contributed by atoms with van der Waals surface area (Å²) in [4.78, 5) is 6.16. The van der Waals surface area contributed by atoms with Crippen molar-refractivity contribution in [3.8, 4) is 0 Å². The molecule has 1 aromatic rings. The molecule has 1 aromatic carbocycles. The molecular formula is C15H24NO+. The zero-order valence-electron chi connectivity index (χ0n) is 11.2. The lowest BCUT2D eigenvalue weighted by atomic mass is 9.99. The van der Waals surface area contributed by atoms with Gasteiger partial charge in [0, 0.05) is 12.0 Å². The lowest BCUT2D eigenvalue weighted by molar-refractivity contribution is -1.09. The van der Waals surface area contributed by atoms with E-state index in [2.05, 4.69) is 51.4 Å². The van der Waals surface area contributed by atoms with Gasteiger partial charge in [0.15, 0.2) is 0 Å². The Kier molecular flexibility index (Phi) is 3.85. The predicted octanol–water partition coefficient (Wildman–Crippen LogP) is 3.70. The molecule has 1 saturated heterocycles. The number of hydrogen-bond donors (Lipinski definition) is 0. The molecule has 2 nitrogen and oxygen atoms in total. The molecule has 2 heteroatoms. The Morgan fingerprint density at radius 2 is 1.94 bits per heavy atom. The predicted molar refractivity (Wildman–Crippen MR) is 70.3 cm³/mol. The van der Waals surface area contributed by atoms with E-state index in [9.17, 15) is 0 Å². The number of benzene rings is 1. The third-order valence-electron chi connectivity index (χ3n) is 3.72. The van der Waals surface area contributed by atoms with Gasteiger partial charge >= 0.3 is 0 Å². The molecule has 1 heterocycles. The third kappa shape index (κ3) is 2.88. The summed E-state index contributed by atoms with van der Waals surface area (Å²) in [5, 5.41) is 0. The number of rotatable bonds is 4. The van der Waals surface area contributed by atoms with Crippen molar-refractivity contribution in [3.63, 3.8) is 0 Å². The highest BCUT2D eigenvalue weighted by Crippen LogP contribution is 2.39. The minimum Gasteiger partial charge on any atom is -0.199 e. The lowest BCUT2D eigenvalue weighted by Crippen LogP contribution is -2.37. The Hall–Kier alpha value is -0.860. The van der Waals surface area contributed by atoms with Crippen LogP contribution in [0.4, 0.5) is 0 Å². The summed E-state index contributed by atoms with van der Waals surface area (Å²) in [5.41, 5.74) is 1.40. The van der Waals surface area contributed by atoms with Gasteiger partial charge in [-0.05, 0) is 6.42 Å². The van der Waals surface area contributed by atoms with Crippen LogP contribution < -0.4 is 0 Å². The Bertz CT molecular complexity index is 347. The standard InChI is InChI=1S/C15H24NO/c1-4-5-11-14-12-15(16(2,3)17-14)13-9-7-6-8-10-13/h6-10,14-15H,4-5,11-12H2,1-3H3/q+1. The van der Waals surface area contributed by atoms with Crippen molar-refractivity contribution in [3.05, 3.63) is 35.9 Å². The Labute approximate surface area is 105 Å². The molecule has 1 aliphatic heterocycles. The van der Waals surface area contributed by atoms with Crippen LogP contribution in [0.15, 0.2) is 30.3 Å². The van der Waals surface area contributed by atoms with Crippen molar-refractivity contribution in [2.45, 2.75) is 44.8 Å². The maximum Gasteiger partial charge on any atom is 0.147 e. The minimum atomic E-state index is 0.426. The van der Waals surface area contributed by atoms with E-state index in [1.807, 2.05) is 0 Å². The van der Waals surface area contributed by atoms with Gasteiger partial charge in [0.1, 0.15) is 12.1 Å². The van der Waals surface area contributed by atoms with Gasteiger partial charge in [-0.3, -0.25) is 0 Å². The van der Waals surface area contributed by atoms with Crippen molar-refractivity contribution in [2.24, 2.45) is 0 Å². The van der Waals surface area contributed by atoms with Crippen LogP contribution >= 0.6 is 0 Å². The van der Waals surface area contributed by atoms with Crippen LogP contribution in [0, 0.1) is 0 Å². The first-order chi connectivity index (χ1) is 8.13. The highest BCUT2D eigenvalue weighted by molar-refractivity contribution is 5.17. The minimum absolute atomic E-state index is 0.426. The molecule has 1 fully saturated rings. The summed E-state index contributed by atoms with van der Waals surface area (Å²) >= 11 is 0. The second-order valence-corrected chi connectivity index (χ2v) is 5.47. The van der Waals surface area contributed by atoms with E-state index in [0.717, 1.165) is 6.42 Å². The average molecular weight is 234 g/mol. The fraction of sp³-hybridized carbons (Fsp3) is 0.600. The Morgan fingerprint density at radius 1 is 1.24 bits per heavy atom. The molecule has 17 heavy (non-hydrogen) atoms. The lowest BCUT2D eigenvalue weighted by Gasteiger charge is -2.28. The molecule has 0 aliphatic carbocycles. The third-order valence-corrected chi connectivity index (χ3v) is 3.72. The van der Waals surface area contributed by atoms with Gasteiger partial charge in [-0.15, -0.1) is 0 Å². The van der Waals surface area contributed by atoms with Crippen molar-refractivity contribution in [1.29, 1.82) is 0 Å². The van der Waals surface area contributed by atoms with Gasteiger partial charge in [0.2, 0.25) is 0 Å². The van der Waals surface area contributed by atoms with E-state index in [4.69, 9.17) is 4.84 Å². The maximum absolute atomic E-state index is 6.16. The highest BCUT2D eigenvalue weighted by atomic mass is 16.7. The van der Waals surface area contributed by atoms with E-state index in [-0.39, 0.29) is 0 Å². The number of hydroxylamine groups is 3. The first-order valence-electron chi connectivity index (χ1n) is 6.70. The largest absolute Gasteiger partial charge is 0.199 e. The molecule has 2 rings (SSSR count). The van der Waals surface area contributed by atoms with Gasteiger partial charge < -0.3 is 0 Å². The summed E-state index contributed by atoms with van der Waals surface area (Å²) in [5.74, 6) is 0. The van der Waals surface area contributed by atoms with Crippen molar-refractivity contribution in [2.75, 3.05) is 14.1 Å². The van der Waals surface area contributed by atoms with Gasteiger partial charge in [-0.2, -0.15) is 9.48 Å². The summed E-state index contributed by atoms with van der Waals surface area (Å²) in [7, 11) is 4.34. The number of unbranched alkanes of at least 4 members (excludes halogenated alkanes) is 1. The molecule has 0 saturated carbocycles. The van der Waals surface area contributed by atoms with Crippen molar-refractivity contribution in [1.82, 2.24) is 0 Å². The SMILES string of the molecule is CCCCC1CC(c2ccccc2)[N+](C)(C)O1. The van der Waals surface area contributed by atoms with Gasteiger partial charge in [0.25, 0.3) is 0 Å². The Morgan fingerprint density at radius 3 is 2.59 bits per heavy atom. The molecule has 94 valence electrons. The zero-order chi connectivity index (χ0) is 12.3. The number of hydrogen-bond acceptors (Lipinski definition) is 1. The number of quaternary nitrogens is 1. The van der Waals surface area contributed by atoms with E-state index >= 15 is 0 Å². The molecule has 1 aliphatic rings. The molecule has 2 atom stereocenters. The fourth-order valence-electron chi connectivity index (χ4n) is 2.78. The van der Waals surface area contributed by atoms with Crippen molar-refractivity contribution >= 4 is 0 Å². The van der Waals surface area contributed by atoms with Crippen LogP contribution in [-0.2, 0) is 4.84 Å². The van der Waals surface area contributed by atoms with Crippen LogP contribution in [-0.4, -0.2) is 24.8 Å². The average Bonchev–Trinajstić information content (AvgIpc) is 2.63. The molecule has 0 aromatic heterocycles. The summed E-state index contributed by atoms with van der Waals surface area (Å²) in [6.45, 7) is 2.24. The van der Waals surface area contributed by atoms with Crippen LogP contribution in [0.1, 0.15) is 44.2 Å². The van der Waals surface area contributed by atoms with Crippen LogP contribution in [0.3, 0.4) is 0 Å². The molecule has 0 radical (unpaired) electrons. The van der Waals surface area contributed by atoms with Crippen LogP contribution in [0.2, 0.25) is 0 Å². The first kappa shape index (κ1) is 12.6. The second-order valence-electron chi connectivity index (χ2n) is 5.47. The molecular weight excluding hydrogens is 210 g/mol. The second kappa shape index (κ2) is 5.19. The van der Waals surface area contributed by atoms with Crippen LogP contribution in [0.25, 0.3) is 0 Å². The van der Waals surface area contributed by atoms with E-state index < -0.39 is 0 Å². The molecule has 0 N–H and O–H groups in total. The smallest absolute Gasteiger partial charge is 0.147 e. The van der Waals surface area contributed by atoms with E-state index in [0.29, 0.717) is 16.8 Å². The van der Waals surface area contributed by atoms with E-state index in [1.165, 1.54) is 24.8 Å². The topological polar surface area (TPSA) is 9.23 Å². The van der Waals surface area contributed by atoms with Crippen LogP contribution in [0.5, 0.6) is 0 Å². The zero-order valence-corrected chi connectivity index (χ0v) is 11.2.